The van der Waals surface area contributed by atoms with E-state index in [1.54, 1.807) is 19.1 Å². The molecule has 0 fully saturated rings. The fraction of sp³-hybridized carbons (Fsp3) is 0.500. The van der Waals surface area contributed by atoms with E-state index in [-0.39, 0.29) is 12.3 Å². The van der Waals surface area contributed by atoms with Crippen LogP contribution in [0.15, 0.2) is 24.3 Å². The van der Waals surface area contributed by atoms with Crippen LogP contribution < -0.4 is 5.32 Å². The average Bonchev–Trinajstić information content (AvgIpc) is 2.41. The number of benzene rings is 1. The molecule has 0 spiro atoms. The Bertz CT molecular complexity index is 495. The molecule has 0 aliphatic heterocycles. The Balaban J connectivity index is 3.01. The van der Waals surface area contributed by atoms with Gasteiger partial charge < -0.3 is 10.4 Å². The predicted molar refractivity (Wildman–Crippen MR) is 83.6 cm³/mol. The number of halogens is 1. The highest BCUT2D eigenvalue weighted by molar-refractivity contribution is 6.30. The van der Waals surface area contributed by atoms with Gasteiger partial charge in [-0.25, -0.2) is 0 Å². The van der Waals surface area contributed by atoms with Gasteiger partial charge in [0.15, 0.2) is 0 Å². The zero-order valence-corrected chi connectivity index (χ0v) is 13.4. The number of carbonyl (C=O) groups is 2. The molecule has 1 unspecified atom stereocenters. The van der Waals surface area contributed by atoms with Crippen molar-refractivity contribution in [2.45, 2.75) is 51.5 Å². The monoisotopic (exact) mass is 311 g/mol. The van der Waals surface area contributed by atoms with Gasteiger partial charge in [-0.1, -0.05) is 37.6 Å². The molecule has 1 aromatic rings. The number of rotatable bonds is 7. The zero-order chi connectivity index (χ0) is 16.0. The molecule has 0 heterocycles. The van der Waals surface area contributed by atoms with Gasteiger partial charge >= 0.3 is 5.97 Å². The van der Waals surface area contributed by atoms with Crippen LogP contribution >= 0.6 is 11.6 Å². The molecule has 0 bridgehead atoms. The third-order valence-electron chi connectivity index (χ3n) is 3.90. The summed E-state index contributed by atoms with van der Waals surface area (Å²) in [6, 6.07) is 6.85. The van der Waals surface area contributed by atoms with E-state index in [9.17, 15) is 9.59 Å². The molecule has 116 valence electrons. The maximum absolute atomic E-state index is 12.7. The van der Waals surface area contributed by atoms with Crippen molar-refractivity contribution in [1.29, 1.82) is 0 Å². The zero-order valence-electron chi connectivity index (χ0n) is 12.6. The van der Waals surface area contributed by atoms with Gasteiger partial charge in [0.05, 0.1) is 11.8 Å². The van der Waals surface area contributed by atoms with Gasteiger partial charge in [0.25, 0.3) is 0 Å². The van der Waals surface area contributed by atoms with Crippen LogP contribution in [0.25, 0.3) is 0 Å². The largest absolute Gasteiger partial charge is 0.481 e. The van der Waals surface area contributed by atoms with Crippen LogP contribution in [-0.4, -0.2) is 23.0 Å². The van der Waals surface area contributed by atoms with Crippen LogP contribution in [0.4, 0.5) is 0 Å². The second-order valence-corrected chi connectivity index (χ2v) is 5.70. The van der Waals surface area contributed by atoms with Gasteiger partial charge in [0.1, 0.15) is 0 Å². The summed E-state index contributed by atoms with van der Waals surface area (Å²) in [6.45, 7) is 5.61. The lowest BCUT2D eigenvalue weighted by Gasteiger charge is -2.32. The summed E-state index contributed by atoms with van der Waals surface area (Å²) >= 11 is 5.90. The van der Waals surface area contributed by atoms with Gasteiger partial charge in [-0.3, -0.25) is 9.59 Å². The van der Waals surface area contributed by atoms with Crippen LogP contribution in [0.5, 0.6) is 0 Å². The Hall–Kier alpha value is -1.55. The SMILES string of the molecule is CCC(CC)(C(=O)NC(C)CC(=O)O)c1ccc(Cl)cc1. The molecule has 0 aliphatic carbocycles. The molecule has 0 radical (unpaired) electrons. The number of carboxylic acid groups (broad SMARTS) is 1. The fourth-order valence-electron chi connectivity index (χ4n) is 2.55. The van der Waals surface area contributed by atoms with E-state index in [1.807, 2.05) is 26.0 Å². The van der Waals surface area contributed by atoms with Crippen molar-refractivity contribution in [3.8, 4) is 0 Å². The van der Waals surface area contributed by atoms with E-state index in [2.05, 4.69) is 5.32 Å². The van der Waals surface area contributed by atoms with E-state index in [0.717, 1.165) is 5.56 Å². The number of carbonyl (C=O) groups excluding carboxylic acids is 1. The van der Waals surface area contributed by atoms with E-state index in [1.165, 1.54) is 0 Å². The summed E-state index contributed by atoms with van der Waals surface area (Å²) in [5.41, 5.74) is 0.245. The normalized spacial score (nSPS) is 12.8. The maximum atomic E-state index is 12.7. The molecule has 2 N–H and O–H groups in total. The first-order chi connectivity index (χ1) is 9.85. The minimum Gasteiger partial charge on any atom is -0.481 e. The van der Waals surface area contributed by atoms with Crippen molar-refractivity contribution in [1.82, 2.24) is 5.32 Å². The van der Waals surface area contributed by atoms with E-state index < -0.39 is 17.4 Å². The Morgan fingerprint density at radius 3 is 2.19 bits per heavy atom. The number of aliphatic carboxylic acids is 1. The van der Waals surface area contributed by atoms with Crippen LogP contribution in [0.3, 0.4) is 0 Å². The van der Waals surface area contributed by atoms with Gasteiger partial charge in [-0.2, -0.15) is 0 Å². The van der Waals surface area contributed by atoms with Crippen molar-refractivity contribution in [3.05, 3.63) is 34.9 Å². The molecule has 5 heteroatoms. The standard InChI is InChI=1S/C16H22ClNO3/c1-4-16(5-2,12-6-8-13(17)9-7-12)15(21)18-11(3)10-14(19)20/h6-9,11H,4-5,10H2,1-3H3,(H,18,21)(H,19,20). The Morgan fingerprint density at radius 1 is 1.24 bits per heavy atom. The van der Waals surface area contributed by atoms with Crippen molar-refractivity contribution in [3.63, 3.8) is 0 Å². The summed E-state index contributed by atoms with van der Waals surface area (Å²) in [6.07, 6.45) is 1.18. The van der Waals surface area contributed by atoms with Gasteiger partial charge in [-0.05, 0) is 37.5 Å². The molecule has 0 saturated carbocycles. The third kappa shape index (κ3) is 4.21. The lowest BCUT2D eigenvalue weighted by atomic mass is 9.75. The summed E-state index contributed by atoms with van der Waals surface area (Å²) in [7, 11) is 0. The topological polar surface area (TPSA) is 66.4 Å². The summed E-state index contributed by atoms with van der Waals surface area (Å²) < 4.78 is 0. The molecule has 1 aromatic carbocycles. The number of carboxylic acids is 1. The molecule has 0 saturated heterocycles. The molecule has 1 rings (SSSR count). The highest BCUT2D eigenvalue weighted by Crippen LogP contribution is 2.33. The second-order valence-electron chi connectivity index (χ2n) is 5.27. The number of nitrogens with one attached hydrogen (secondary N) is 1. The van der Waals surface area contributed by atoms with Crippen LogP contribution in [0, 0.1) is 0 Å². The Labute approximate surface area is 130 Å². The summed E-state index contributed by atoms with van der Waals surface area (Å²) in [4.78, 5) is 23.4. The third-order valence-corrected chi connectivity index (χ3v) is 4.15. The molecule has 4 nitrogen and oxygen atoms in total. The first kappa shape index (κ1) is 17.5. The molecule has 1 amide bonds. The van der Waals surface area contributed by atoms with Crippen molar-refractivity contribution in [2.24, 2.45) is 0 Å². The predicted octanol–water partition coefficient (Wildman–Crippen LogP) is 3.38. The average molecular weight is 312 g/mol. The highest BCUT2D eigenvalue weighted by atomic mass is 35.5. The second kappa shape index (κ2) is 7.46. The maximum Gasteiger partial charge on any atom is 0.305 e. The number of amides is 1. The van der Waals surface area contributed by atoms with Crippen LogP contribution in [0.2, 0.25) is 5.02 Å². The summed E-state index contributed by atoms with van der Waals surface area (Å²) in [5.74, 6) is -1.06. The minimum atomic E-state index is -0.923. The molecule has 0 aliphatic rings. The lowest BCUT2D eigenvalue weighted by Crippen LogP contribution is -2.47. The quantitative estimate of drug-likeness (QED) is 0.811. The van der Waals surface area contributed by atoms with Crippen LogP contribution in [-0.2, 0) is 15.0 Å². The highest BCUT2D eigenvalue weighted by Gasteiger charge is 2.37. The van der Waals surface area contributed by atoms with Crippen molar-refractivity contribution >= 4 is 23.5 Å². The van der Waals surface area contributed by atoms with Gasteiger partial charge in [0.2, 0.25) is 5.91 Å². The molecular formula is C16H22ClNO3. The van der Waals surface area contributed by atoms with E-state index in [0.29, 0.717) is 17.9 Å². The van der Waals surface area contributed by atoms with Crippen molar-refractivity contribution < 1.29 is 14.7 Å². The lowest BCUT2D eigenvalue weighted by molar-refractivity contribution is -0.137. The van der Waals surface area contributed by atoms with Gasteiger partial charge in [0, 0.05) is 11.1 Å². The minimum absolute atomic E-state index is 0.0874. The van der Waals surface area contributed by atoms with Gasteiger partial charge in [-0.15, -0.1) is 0 Å². The molecule has 0 aromatic heterocycles. The van der Waals surface area contributed by atoms with E-state index >= 15 is 0 Å². The van der Waals surface area contributed by atoms with E-state index in [4.69, 9.17) is 16.7 Å². The van der Waals surface area contributed by atoms with Crippen molar-refractivity contribution in [2.75, 3.05) is 0 Å². The molecule has 1 atom stereocenters. The smallest absolute Gasteiger partial charge is 0.305 e. The Morgan fingerprint density at radius 2 is 1.76 bits per heavy atom. The first-order valence-electron chi connectivity index (χ1n) is 7.14. The fourth-order valence-corrected chi connectivity index (χ4v) is 2.68. The Kier molecular flexibility index (Phi) is 6.21. The number of hydrogen-bond acceptors (Lipinski definition) is 2. The number of hydrogen-bond donors (Lipinski definition) is 2. The summed E-state index contributed by atoms with van der Waals surface area (Å²) in [5, 5.41) is 12.2. The molecule has 21 heavy (non-hydrogen) atoms. The molecular weight excluding hydrogens is 290 g/mol. The first-order valence-corrected chi connectivity index (χ1v) is 7.52. The van der Waals surface area contributed by atoms with Crippen LogP contribution in [0.1, 0.15) is 45.6 Å².